The van der Waals surface area contributed by atoms with Gasteiger partial charge >= 0.3 is 0 Å². The van der Waals surface area contributed by atoms with Gasteiger partial charge in [-0.25, -0.2) is 9.07 Å². The first-order valence-corrected chi connectivity index (χ1v) is 5.98. The van der Waals surface area contributed by atoms with Crippen molar-refractivity contribution in [2.24, 2.45) is 5.73 Å². The molecule has 19 heavy (non-hydrogen) atoms. The minimum Gasteiger partial charge on any atom is -0.389 e. The van der Waals surface area contributed by atoms with Gasteiger partial charge in [-0.1, -0.05) is 35.6 Å². The highest BCUT2D eigenvalue weighted by atomic mass is 32.1. The number of hydrogen-bond donors (Lipinski definition) is 1. The third kappa shape index (κ3) is 1.86. The lowest BCUT2D eigenvalue weighted by atomic mass is 10.1. The van der Waals surface area contributed by atoms with E-state index in [0.717, 1.165) is 11.0 Å². The molecule has 6 heteroatoms. The SMILES string of the molecule is NC(=S)c1c(F)cccc1-n1nnc2ccccc21. The van der Waals surface area contributed by atoms with Crippen molar-refractivity contribution in [1.82, 2.24) is 15.0 Å². The Hall–Kier alpha value is -2.34. The molecular formula is C13H9FN4S. The van der Waals surface area contributed by atoms with Crippen molar-refractivity contribution in [2.75, 3.05) is 0 Å². The summed E-state index contributed by atoms with van der Waals surface area (Å²) in [5, 5.41) is 8.07. The molecule has 0 fully saturated rings. The fraction of sp³-hybridized carbons (Fsp3) is 0. The van der Waals surface area contributed by atoms with Gasteiger partial charge < -0.3 is 5.73 Å². The first-order valence-electron chi connectivity index (χ1n) is 5.57. The van der Waals surface area contributed by atoms with Gasteiger partial charge in [-0.2, -0.15) is 0 Å². The van der Waals surface area contributed by atoms with Gasteiger partial charge in [0.1, 0.15) is 16.3 Å². The van der Waals surface area contributed by atoms with E-state index in [0.29, 0.717) is 5.69 Å². The number of aromatic nitrogens is 3. The number of nitrogens with zero attached hydrogens (tertiary/aromatic N) is 3. The maximum absolute atomic E-state index is 13.9. The molecule has 2 aromatic carbocycles. The van der Waals surface area contributed by atoms with Gasteiger partial charge in [-0.3, -0.25) is 0 Å². The Kier molecular flexibility index (Phi) is 2.72. The molecule has 0 aliphatic carbocycles. The largest absolute Gasteiger partial charge is 0.389 e. The molecule has 3 rings (SSSR count). The molecular weight excluding hydrogens is 263 g/mol. The highest BCUT2D eigenvalue weighted by Crippen LogP contribution is 2.21. The molecule has 0 atom stereocenters. The van der Waals surface area contributed by atoms with Crippen LogP contribution in [-0.2, 0) is 0 Å². The number of para-hydroxylation sites is 1. The Morgan fingerprint density at radius 2 is 1.95 bits per heavy atom. The topological polar surface area (TPSA) is 56.7 Å². The molecule has 0 radical (unpaired) electrons. The van der Waals surface area contributed by atoms with Gasteiger partial charge in [0.25, 0.3) is 0 Å². The molecule has 1 heterocycles. The first-order chi connectivity index (χ1) is 9.18. The molecule has 0 aliphatic heterocycles. The molecule has 0 spiro atoms. The van der Waals surface area contributed by atoms with Crippen LogP contribution in [-0.4, -0.2) is 20.0 Å². The van der Waals surface area contributed by atoms with Crippen LogP contribution in [0, 0.1) is 5.82 Å². The second-order valence-electron chi connectivity index (χ2n) is 3.99. The Balaban J connectivity index is 2.33. The van der Waals surface area contributed by atoms with Crippen molar-refractivity contribution in [3.05, 3.63) is 53.8 Å². The second kappa shape index (κ2) is 4.40. The van der Waals surface area contributed by atoms with Crippen LogP contribution in [0.15, 0.2) is 42.5 Å². The van der Waals surface area contributed by atoms with E-state index in [1.54, 1.807) is 12.1 Å². The number of fused-ring (bicyclic) bond motifs is 1. The van der Waals surface area contributed by atoms with Gasteiger partial charge in [0.15, 0.2) is 0 Å². The van der Waals surface area contributed by atoms with E-state index >= 15 is 0 Å². The highest BCUT2D eigenvalue weighted by Gasteiger charge is 2.15. The van der Waals surface area contributed by atoms with Gasteiger partial charge in [0.2, 0.25) is 0 Å². The Morgan fingerprint density at radius 1 is 1.16 bits per heavy atom. The summed E-state index contributed by atoms with van der Waals surface area (Å²) in [5.41, 5.74) is 7.75. The number of rotatable bonds is 2. The van der Waals surface area contributed by atoms with Crippen molar-refractivity contribution >= 4 is 28.2 Å². The average molecular weight is 272 g/mol. The maximum Gasteiger partial charge on any atom is 0.135 e. The molecule has 0 bridgehead atoms. The van der Waals surface area contributed by atoms with E-state index in [4.69, 9.17) is 18.0 Å². The Morgan fingerprint density at radius 3 is 2.74 bits per heavy atom. The maximum atomic E-state index is 13.9. The lowest BCUT2D eigenvalue weighted by molar-refractivity contribution is 0.622. The van der Waals surface area contributed by atoms with Gasteiger partial charge in [0, 0.05) is 0 Å². The van der Waals surface area contributed by atoms with Gasteiger partial charge in [-0.15, -0.1) is 5.10 Å². The van der Waals surface area contributed by atoms with E-state index in [9.17, 15) is 4.39 Å². The van der Waals surface area contributed by atoms with Crippen LogP contribution in [0.4, 0.5) is 4.39 Å². The van der Waals surface area contributed by atoms with E-state index in [1.807, 2.05) is 24.3 Å². The third-order valence-corrected chi connectivity index (χ3v) is 3.02. The Labute approximate surface area is 113 Å². The molecule has 1 aromatic heterocycles. The zero-order valence-electron chi connectivity index (χ0n) is 9.75. The molecule has 0 unspecified atom stereocenters. The summed E-state index contributed by atoms with van der Waals surface area (Å²) in [5.74, 6) is -0.468. The van der Waals surface area contributed by atoms with Crippen LogP contribution >= 0.6 is 12.2 Å². The van der Waals surface area contributed by atoms with Gasteiger partial charge in [0.05, 0.1) is 16.8 Å². The predicted molar refractivity (Wildman–Crippen MR) is 74.7 cm³/mol. The molecule has 0 amide bonds. The van der Waals surface area contributed by atoms with E-state index in [-0.39, 0.29) is 10.6 Å². The zero-order chi connectivity index (χ0) is 13.4. The van der Waals surface area contributed by atoms with Crippen LogP contribution in [0.3, 0.4) is 0 Å². The summed E-state index contributed by atoms with van der Waals surface area (Å²) in [6, 6.07) is 12.0. The zero-order valence-corrected chi connectivity index (χ0v) is 10.6. The second-order valence-corrected chi connectivity index (χ2v) is 4.43. The standard InChI is InChI=1S/C13H9FN4S/c14-8-4-3-7-11(12(8)13(15)19)18-10-6-2-1-5-9(10)16-17-18/h1-7H,(H2,15,19). The highest BCUT2D eigenvalue weighted by molar-refractivity contribution is 7.80. The van der Waals surface area contributed by atoms with Crippen molar-refractivity contribution in [2.45, 2.75) is 0 Å². The molecule has 0 saturated carbocycles. The van der Waals surface area contributed by atoms with Crippen LogP contribution in [0.5, 0.6) is 0 Å². The summed E-state index contributed by atoms with van der Waals surface area (Å²) in [6.07, 6.45) is 0. The monoisotopic (exact) mass is 272 g/mol. The number of benzene rings is 2. The minimum atomic E-state index is -0.468. The molecule has 0 aliphatic rings. The number of halogens is 1. The molecule has 2 N–H and O–H groups in total. The molecule has 4 nitrogen and oxygen atoms in total. The summed E-state index contributed by atoms with van der Waals surface area (Å²) in [4.78, 5) is -0.00678. The average Bonchev–Trinajstić information content (AvgIpc) is 2.81. The van der Waals surface area contributed by atoms with Crippen molar-refractivity contribution in [1.29, 1.82) is 0 Å². The number of hydrogen-bond acceptors (Lipinski definition) is 3. The Bertz CT molecular complexity index is 781. The van der Waals surface area contributed by atoms with E-state index in [1.165, 1.54) is 10.7 Å². The fourth-order valence-corrected chi connectivity index (χ4v) is 2.18. The van der Waals surface area contributed by atoms with Crippen molar-refractivity contribution in [3.8, 4) is 5.69 Å². The lowest BCUT2D eigenvalue weighted by Crippen LogP contribution is -2.16. The van der Waals surface area contributed by atoms with E-state index < -0.39 is 5.82 Å². The molecule has 0 saturated heterocycles. The summed E-state index contributed by atoms with van der Waals surface area (Å²) in [7, 11) is 0. The first kappa shape index (κ1) is 11.7. The van der Waals surface area contributed by atoms with Crippen LogP contribution < -0.4 is 5.73 Å². The lowest BCUT2D eigenvalue weighted by Gasteiger charge is -2.09. The van der Waals surface area contributed by atoms with Crippen LogP contribution in [0.25, 0.3) is 16.7 Å². The van der Waals surface area contributed by atoms with Crippen LogP contribution in [0.2, 0.25) is 0 Å². The predicted octanol–water partition coefficient (Wildman–Crippen LogP) is 2.19. The number of nitrogens with two attached hydrogens (primary N) is 1. The fourth-order valence-electron chi connectivity index (χ4n) is 1.98. The summed E-state index contributed by atoms with van der Waals surface area (Å²) < 4.78 is 15.4. The normalized spacial score (nSPS) is 10.8. The minimum absolute atomic E-state index is 0.00678. The van der Waals surface area contributed by atoms with Crippen LogP contribution in [0.1, 0.15) is 5.56 Å². The number of thiocarbonyl (C=S) groups is 1. The van der Waals surface area contributed by atoms with Gasteiger partial charge in [-0.05, 0) is 24.3 Å². The molecule has 94 valence electrons. The smallest absolute Gasteiger partial charge is 0.135 e. The summed E-state index contributed by atoms with van der Waals surface area (Å²) in [6.45, 7) is 0. The van der Waals surface area contributed by atoms with Crippen molar-refractivity contribution in [3.63, 3.8) is 0 Å². The molecule has 3 aromatic rings. The quantitative estimate of drug-likeness (QED) is 0.727. The third-order valence-electron chi connectivity index (χ3n) is 2.82. The van der Waals surface area contributed by atoms with Crippen molar-refractivity contribution < 1.29 is 4.39 Å². The summed E-state index contributed by atoms with van der Waals surface area (Å²) >= 11 is 4.91. The van der Waals surface area contributed by atoms with E-state index in [2.05, 4.69) is 10.3 Å².